The number of nitrogens with one attached hydrogen (secondary N) is 1. The first-order chi connectivity index (χ1) is 12.9. The highest BCUT2D eigenvalue weighted by Gasteiger charge is 2.41. The molecule has 27 heavy (non-hydrogen) atoms. The van der Waals surface area contributed by atoms with Crippen LogP contribution in [-0.4, -0.2) is 14.2 Å². The molecule has 0 aromatic heterocycles. The third kappa shape index (κ3) is 2.93. The second-order valence-electron chi connectivity index (χ2n) is 6.86. The third-order valence-corrected chi connectivity index (χ3v) is 5.46. The Morgan fingerprint density at radius 3 is 2.56 bits per heavy atom. The maximum atomic E-state index is 13.2. The molecule has 1 heterocycles. The van der Waals surface area contributed by atoms with Crippen molar-refractivity contribution in [2.75, 3.05) is 19.5 Å². The van der Waals surface area contributed by atoms with Crippen LogP contribution in [0.1, 0.15) is 35.1 Å². The number of ether oxygens (including phenoxy) is 2. The van der Waals surface area contributed by atoms with Crippen LogP contribution in [0.4, 0.5) is 18.9 Å². The average molecular weight is 375 g/mol. The van der Waals surface area contributed by atoms with E-state index < -0.39 is 11.7 Å². The normalized spacial score (nSPS) is 23.4. The summed E-state index contributed by atoms with van der Waals surface area (Å²) >= 11 is 0. The molecule has 2 aromatic carbocycles. The van der Waals surface area contributed by atoms with Crippen LogP contribution in [-0.2, 0) is 6.18 Å². The Balaban J connectivity index is 1.80. The number of benzene rings is 2. The number of rotatable bonds is 3. The fourth-order valence-corrected chi connectivity index (χ4v) is 4.24. The van der Waals surface area contributed by atoms with Gasteiger partial charge < -0.3 is 14.8 Å². The molecule has 1 N–H and O–H groups in total. The maximum Gasteiger partial charge on any atom is 0.416 e. The number of para-hydroxylation sites is 1. The molecule has 1 aliphatic heterocycles. The van der Waals surface area contributed by atoms with Crippen LogP contribution < -0.4 is 14.8 Å². The van der Waals surface area contributed by atoms with Crippen molar-refractivity contribution in [2.24, 2.45) is 5.92 Å². The average Bonchev–Trinajstić information content (AvgIpc) is 3.15. The number of anilines is 1. The number of halogens is 3. The van der Waals surface area contributed by atoms with E-state index in [9.17, 15) is 13.2 Å². The molecule has 0 spiro atoms. The summed E-state index contributed by atoms with van der Waals surface area (Å²) in [6.07, 6.45) is 0.508. The molecule has 142 valence electrons. The van der Waals surface area contributed by atoms with Crippen molar-refractivity contribution < 1.29 is 22.6 Å². The predicted octanol–water partition coefficient (Wildman–Crippen LogP) is 5.55. The van der Waals surface area contributed by atoms with E-state index >= 15 is 0 Å². The van der Waals surface area contributed by atoms with E-state index in [1.54, 1.807) is 14.2 Å². The molecule has 0 fully saturated rings. The molecule has 0 radical (unpaired) electrons. The first-order valence-corrected chi connectivity index (χ1v) is 8.79. The lowest BCUT2D eigenvalue weighted by molar-refractivity contribution is -0.137. The minimum absolute atomic E-state index is 0.0653. The number of fused-ring (bicyclic) bond motifs is 3. The Labute approximate surface area is 155 Å². The molecule has 0 amide bonds. The van der Waals surface area contributed by atoms with Crippen LogP contribution in [0, 0.1) is 5.92 Å². The zero-order valence-electron chi connectivity index (χ0n) is 15.0. The van der Waals surface area contributed by atoms with Crippen molar-refractivity contribution >= 4 is 5.69 Å². The lowest BCUT2D eigenvalue weighted by atomic mass is 9.76. The van der Waals surface area contributed by atoms with E-state index in [1.807, 2.05) is 30.4 Å². The molecule has 0 unspecified atom stereocenters. The highest BCUT2D eigenvalue weighted by atomic mass is 19.4. The fourth-order valence-electron chi connectivity index (χ4n) is 4.24. The Morgan fingerprint density at radius 1 is 1.04 bits per heavy atom. The Bertz CT molecular complexity index is 891. The zero-order valence-corrected chi connectivity index (χ0v) is 15.0. The van der Waals surface area contributed by atoms with Crippen LogP contribution in [0.3, 0.4) is 0 Å². The van der Waals surface area contributed by atoms with Crippen molar-refractivity contribution in [2.45, 2.75) is 24.6 Å². The van der Waals surface area contributed by atoms with Crippen molar-refractivity contribution in [3.63, 3.8) is 0 Å². The van der Waals surface area contributed by atoms with Crippen LogP contribution in [0.25, 0.3) is 0 Å². The van der Waals surface area contributed by atoms with Crippen LogP contribution in [0.5, 0.6) is 11.5 Å². The number of allylic oxidation sites excluding steroid dienone is 2. The number of hydrogen-bond acceptors (Lipinski definition) is 3. The van der Waals surface area contributed by atoms with Crippen molar-refractivity contribution in [3.8, 4) is 11.5 Å². The van der Waals surface area contributed by atoms with Gasteiger partial charge in [0.25, 0.3) is 0 Å². The maximum absolute atomic E-state index is 13.2. The Morgan fingerprint density at radius 2 is 1.85 bits per heavy atom. The van der Waals surface area contributed by atoms with E-state index in [0.29, 0.717) is 17.1 Å². The van der Waals surface area contributed by atoms with Crippen molar-refractivity contribution in [3.05, 3.63) is 65.2 Å². The van der Waals surface area contributed by atoms with E-state index in [1.165, 1.54) is 12.1 Å². The van der Waals surface area contributed by atoms with Gasteiger partial charge in [-0.2, -0.15) is 13.2 Å². The van der Waals surface area contributed by atoms with E-state index in [0.717, 1.165) is 23.7 Å². The first-order valence-electron chi connectivity index (χ1n) is 8.79. The number of alkyl halides is 3. The molecule has 3 nitrogen and oxygen atoms in total. The molecular weight excluding hydrogens is 355 g/mol. The van der Waals surface area contributed by atoms with Gasteiger partial charge in [0.05, 0.1) is 25.8 Å². The van der Waals surface area contributed by atoms with Gasteiger partial charge in [0.1, 0.15) is 0 Å². The standard InChI is InChI=1S/C21H20F3NO2/c1-26-18-8-4-7-15(20(18)27-2)19-14-6-3-5-13(14)16-11-12(21(22,23)24)9-10-17(16)25-19/h3-5,7-11,13-14,19,25H,6H2,1-2H3/t13-,14-,19+/m0/s1. The minimum Gasteiger partial charge on any atom is -0.493 e. The van der Waals surface area contributed by atoms with Gasteiger partial charge in [-0.1, -0.05) is 24.3 Å². The monoisotopic (exact) mass is 375 g/mol. The molecule has 6 heteroatoms. The minimum atomic E-state index is -4.35. The zero-order chi connectivity index (χ0) is 19.2. The van der Waals surface area contributed by atoms with Gasteiger partial charge >= 0.3 is 6.18 Å². The summed E-state index contributed by atoms with van der Waals surface area (Å²) < 4.78 is 50.5. The van der Waals surface area contributed by atoms with E-state index in [4.69, 9.17) is 9.47 Å². The van der Waals surface area contributed by atoms with Gasteiger partial charge in [-0.15, -0.1) is 0 Å². The van der Waals surface area contributed by atoms with Crippen LogP contribution in [0.15, 0.2) is 48.6 Å². The van der Waals surface area contributed by atoms with Gasteiger partial charge in [0, 0.05) is 17.2 Å². The number of hydrogen-bond donors (Lipinski definition) is 1. The highest BCUT2D eigenvalue weighted by Crippen LogP contribution is 2.52. The third-order valence-electron chi connectivity index (χ3n) is 5.46. The highest BCUT2D eigenvalue weighted by molar-refractivity contribution is 5.62. The molecule has 0 bridgehead atoms. The van der Waals surface area contributed by atoms with Crippen LogP contribution in [0.2, 0.25) is 0 Å². The largest absolute Gasteiger partial charge is 0.493 e. The summed E-state index contributed by atoms with van der Waals surface area (Å²) in [6.45, 7) is 0. The molecule has 2 aromatic rings. The predicted molar refractivity (Wildman–Crippen MR) is 97.3 cm³/mol. The summed E-state index contributed by atoms with van der Waals surface area (Å²) in [7, 11) is 3.18. The van der Waals surface area contributed by atoms with E-state index in [-0.39, 0.29) is 17.9 Å². The van der Waals surface area contributed by atoms with Gasteiger partial charge in [-0.25, -0.2) is 0 Å². The van der Waals surface area contributed by atoms with Gasteiger partial charge in [-0.05, 0) is 42.2 Å². The first kappa shape index (κ1) is 17.8. The van der Waals surface area contributed by atoms with Crippen molar-refractivity contribution in [1.82, 2.24) is 0 Å². The topological polar surface area (TPSA) is 30.5 Å². The van der Waals surface area contributed by atoms with Gasteiger partial charge in [0.15, 0.2) is 11.5 Å². The summed E-state index contributed by atoms with van der Waals surface area (Å²) in [6, 6.07) is 9.56. The Hall–Kier alpha value is -2.63. The fraction of sp³-hybridized carbons (Fsp3) is 0.333. The lowest BCUT2D eigenvalue weighted by Gasteiger charge is -2.38. The SMILES string of the molecule is COc1cccc([C@@H]2Nc3ccc(C(F)(F)F)cc3[C@H]3C=CC[C@@H]32)c1OC. The van der Waals surface area contributed by atoms with Crippen LogP contribution >= 0.6 is 0 Å². The number of methoxy groups -OCH3 is 2. The second kappa shape index (κ2) is 6.51. The molecule has 3 atom stereocenters. The van der Waals surface area contributed by atoms with Crippen molar-refractivity contribution in [1.29, 1.82) is 0 Å². The summed E-state index contributed by atoms with van der Waals surface area (Å²) in [4.78, 5) is 0. The molecular formula is C21H20F3NO2. The van der Waals surface area contributed by atoms with Gasteiger partial charge in [-0.3, -0.25) is 0 Å². The molecule has 4 rings (SSSR count). The summed E-state index contributed by atoms with van der Waals surface area (Å²) in [5.41, 5.74) is 1.76. The van der Waals surface area contributed by atoms with E-state index in [2.05, 4.69) is 5.32 Å². The molecule has 0 saturated heterocycles. The quantitative estimate of drug-likeness (QED) is 0.714. The summed E-state index contributed by atoms with van der Waals surface area (Å²) in [5.74, 6) is 1.34. The smallest absolute Gasteiger partial charge is 0.416 e. The molecule has 1 aliphatic carbocycles. The Kier molecular flexibility index (Phi) is 4.29. The van der Waals surface area contributed by atoms with Gasteiger partial charge in [0.2, 0.25) is 0 Å². The molecule has 0 saturated carbocycles. The summed E-state index contributed by atoms with van der Waals surface area (Å²) in [5, 5.41) is 3.45. The second-order valence-corrected chi connectivity index (χ2v) is 6.86. The molecule has 2 aliphatic rings. The lowest BCUT2D eigenvalue weighted by Crippen LogP contribution is -2.29.